The van der Waals surface area contributed by atoms with Crippen molar-refractivity contribution in [3.05, 3.63) is 95.6 Å². The molecule has 0 atom stereocenters. The van der Waals surface area contributed by atoms with Crippen LogP contribution in [-0.2, 0) is 6.54 Å². The number of anilines is 1. The number of methoxy groups -OCH3 is 1. The summed E-state index contributed by atoms with van der Waals surface area (Å²) in [5.41, 5.74) is 2.90. The third-order valence-corrected chi connectivity index (χ3v) is 4.28. The van der Waals surface area contributed by atoms with Crippen molar-refractivity contribution in [2.75, 3.05) is 18.6 Å². The highest BCUT2D eigenvalue weighted by molar-refractivity contribution is 5.94. The standard InChI is InChI=1S/C24H21NO3/c1-28-21-15-13-19(14-16-21)10-7-17-25(18-20-8-3-2-4-9-20)23-12-6-5-11-22(23)24(26)27/h2-6,8-9,11-16H,17-18H2,1H3,(H,26,27). The summed E-state index contributed by atoms with van der Waals surface area (Å²) in [6.07, 6.45) is 0. The van der Waals surface area contributed by atoms with Gasteiger partial charge in [-0.1, -0.05) is 54.3 Å². The molecule has 4 nitrogen and oxygen atoms in total. The van der Waals surface area contributed by atoms with Crippen LogP contribution in [0.25, 0.3) is 0 Å². The minimum Gasteiger partial charge on any atom is -0.497 e. The van der Waals surface area contributed by atoms with Gasteiger partial charge in [-0.05, 0) is 42.0 Å². The lowest BCUT2D eigenvalue weighted by molar-refractivity contribution is 0.0697. The van der Waals surface area contributed by atoms with Gasteiger partial charge in [-0.3, -0.25) is 0 Å². The second-order valence-corrected chi connectivity index (χ2v) is 6.19. The zero-order valence-electron chi connectivity index (χ0n) is 15.6. The Hall–Kier alpha value is -3.71. The van der Waals surface area contributed by atoms with Crippen LogP contribution in [0.15, 0.2) is 78.9 Å². The first-order valence-electron chi connectivity index (χ1n) is 8.91. The highest BCUT2D eigenvalue weighted by Crippen LogP contribution is 2.22. The Bertz CT molecular complexity index is 986. The average Bonchev–Trinajstić information content (AvgIpc) is 2.74. The minimum atomic E-state index is -0.947. The van der Waals surface area contributed by atoms with Gasteiger partial charge in [0, 0.05) is 12.1 Å². The monoisotopic (exact) mass is 371 g/mol. The molecule has 0 saturated carbocycles. The quantitative estimate of drug-likeness (QED) is 0.651. The lowest BCUT2D eigenvalue weighted by Gasteiger charge is -2.24. The van der Waals surface area contributed by atoms with Crippen molar-refractivity contribution in [3.8, 4) is 17.6 Å². The van der Waals surface area contributed by atoms with Gasteiger partial charge in [0.25, 0.3) is 0 Å². The number of rotatable bonds is 6. The first-order chi connectivity index (χ1) is 13.7. The van der Waals surface area contributed by atoms with Crippen LogP contribution >= 0.6 is 0 Å². The zero-order chi connectivity index (χ0) is 19.8. The Balaban J connectivity index is 1.87. The summed E-state index contributed by atoms with van der Waals surface area (Å²) in [4.78, 5) is 13.6. The molecule has 0 unspecified atom stereocenters. The lowest BCUT2D eigenvalue weighted by atomic mass is 10.1. The van der Waals surface area contributed by atoms with Crippen molar-refractivity contribution < 1.29 is 14.6 Å². The van der Waals surface area contributed by atoms with E-state index in [1.165, 1.54) is 0 Å². The molecule has 0 spiro atoms. The molecule has 0 aromatic heterocycles. The van der Waals surface area contributed by atoms with Crippen LogP contribution < -0.4 is 9.64 Å². The molecule has 0 fully saturated rings. The van der Waals surface area contributed by atoms with Crippen LogP contribution in [0.3, 0.4) is 0 Å². The molecule has 28 heavy (non-hydrogen) atoms. The van der Waals surface area contributed by atoms with Gasteiger partial charge in [-0.25, -0.2) is 4.79 Å². The highest BCUT2D eigenvalue weighted by atomic mass is 16.5. The fourth-order valence-electron chi connectivity index (χ4n) is 2.87. The van der Waals surface area contributed by atoms with E-state index < -0.39 is 5.97 Å². The summed E-state index contributed by atoms with van der Waals surface area (Å²) in [5.74, 6) is 6.14. The number of nitrogens with zero attached hydrogens (tertiary/aromatic N) is 1. The van der Waals surface area contributed by atoms with Gasteiger partial charge < -0.3 is 14.7 Å². The molecule has 0 radical (unpaired) electrons. The number of carboxylic acids is 1. The smallest absolute Gasteiger partial charge is 0.337 e. The Morgan fingerprint density at radius 2 is 1.64 bits per heavy atom. The predicted octanol–water partition coefficient (Wildman–Crippen LogP) is 4.45. The number of hydrogen-bond donors (Lipinski definition) is 1. The number of hydrogen-bond acceptors (Lipinski definition) is 3. The molecule has 0 amide bonds. The summed E-state index contributed by atoms with van der Waals surface area (Å²) in [6, 6.07) is 24.5. The maximum atomic E-state index is 11.7. The van der Waals surface area contributed by atoms with E-state index in [9.17, 15) is 9.90 Å². The van der Waals surface area contributed by atoms with E-state index in [1.807, 2.05) is 71.6 Å². The molecule has 0 aliphatic rings. The molecule has 0 saturated heterocycles. The van der Waals surface area contributed by atoms with Crippen LogP contribution in [0.1, 0.15) is 21.5 Å². The minimum absolute atomic E-state index is 0.268. The Labute approximate surface area is 165 Å². The molecule has 3 aromatic rings. The molecule has 0 heterocycles. The third-order valence-electron chi connectivity index (χ3n) is 4.28. The van der Waals surface area contributed by atoms with Crippen molar-refractivity contribution in [3.63, 3.8) is 0 Å². The molecule has 1 N–H and O–H groups in total. The predicted molar refractivity (Wildman–Crippen MR) is 111 cm³/mol. The van der Waals surface area contributed by atoms with Crippen molar-refractivity contribution in [1.29, 1.82) is 0 Å². The fraction of sp³-hybridized carbons (Fsp3) is 0.125. The van der Waals surface area contributed by atoms with Gasteiger partial charge in [-0.2, -0.15) is 0 Å². The van der Waals surface area contributed by atoms with E-state index >= 15 is 0 Å². The third kappa shape index (κ3) is 4.93. The van der Waals surface area contributed by atoms with Crippen molar-refractivity contribution in [2.45, 2.75) is 6.54 Å². The van der Waals surface area contributed by atoms with E-state index in [4.69, 9.17) is 4.74 Å². The number of benzene rings is 3. The number of carboxylic acid groups (broad SMARTS) is 1. The van der Waals surface area contributed by atoms with Crippen LogP contribution in [-0.4, -0.2) is 24.7 Å². The number of aromatic carboxylic acids is 1. The van der Waals surface area contributed by atoms with Gasteiger partial charge in [0.15, 0.2) is 0 Å². The molecule has 0 aliphatic heterocycles. The molecule has 3 aromatic carbocycles. The van der Waals surface area contributed by atoms with Crippen molar-refractivity contribution in [1.82, 2.24) is 0 Å². The highest BCUT2D eigenvalue weighted by Gasteiger charge is 2.15. The first kappa shape index (κ1) is 19.1. The van der Waals surface area contributed by atoms with Crippen LogP contribution in [0.2, 0.25) is 0 Å². The molecule has 0 aliphatic carbocycles. The Kier molecular flexibility index (Phi) is 6.33. The maximum Gasteiger partial charge on any atom is 0.337 e. The molecule has 140 valence electrons. The zero-order valence-corrected chi connectivity index (χ0v) is 15.6. The van der Waals surface area contributed by atoms with Gasteiger partial charge in [0.2, 0.25) is 0 Å². The van der Waals surface area contributed by atoms with Crippen molar-refractivity contribution in [2.24, 2.45) is 0 Å². The second-order valence-electron chi connectivity index (χ2n) is 6.19. The molecule has 4 heteroatoms. The SMILES string of the molecule is COc1ccc(C#CCN(Cc2ccccc2)c2ccccc2C(=O)O)cc1. The van der Waals surface area contributed by atoms with Crippen LogP contribution in [0, 0.1) is 11.8 Å². The normalized spacial score (nSPS) is 9.89. The van der Waals surface area contributed by atoms with E-state index in [-0.39, 0.29) is 5.56 Å². The summed E-state index contributed by atoms with van der Waals surface area (Å²) >= 11 is 0. The number of carbonyl (C=O) groups is 1. The van der Waals surface area contributed by atoms with Gasteiger partial charge >= 0.3 is 5.97 Å². The van der Waals surface area contributed by atoms with Crippen LogP contribution in [0.5, 0.6) is 5.75 Å². The average molecular weight is 371 g/mol. The first-order valence-corrected chi connectivity index (χ1v) is 8.91. The Morgan fingerprint density at radius 1 is 0.964 bits per heavy atom. The summed E-state index contributed by atoms with van der Waals surface area (Å²) in [7, 11) is 1.63. The largest absolute Gasteiger partial charge is 0.497 e. The van der Waals surface area contributed by atoms with Gasteiger partial charge in [-0.15, -0.1) is 0 Å². The van der Waals surface area contributed by atoms with E-state index in [1.54, 1.807) is 19.2 Å². The van der Waals surface area contributed by atoms with Gasteiger partial charge in [0.1, 0.15) is 5.75 Å². The summed E-state index contributed by atoms with van der Waals surface area (Å²) in [6.45, 7) is 0.980. The number of ether oxygens (including phenoxy) is 1. The summed E-state index contributed by atoms with van der Waals surface area (Å²) < 4.78 is 5.16. The van der Waals surface area contributed by atoms with Crippen LogP contribution in [0.4, 0.5) is 5.69 Å². The maximum absolute atomic E-state index is 11.7. The second kappa shape index (κ2) is 9.29. The molecular weight excluding hydrogens is 350 g/mol. The fourth-order valence-corrected chi connectivity index (χ4v) is 2.87. The molecule has 0 bridgehead atoms. The van der Waals surface area contributed by atoms with Crippen molar-refractivity contribution >= 4 is 11.7 Å². The summed E-state index contributed by atoms with van der Waals surface area (Å²) in [5, 5.41) is 9.56. The molecule has 3 rings (SSSR count). The van der Waals surface area contributed by atoms with E-state index in [0.29, 0.717) is 18.8 Å². The topological polar surface area (TPSA) is 49.8 Å². The van der Waals surface area contributed by atoms with E-state index in [2.05, 4.69) is 11.8 Å². The van der Waals surface area contributed by atoms with Gasteiger partial charge in [0.05, 0.1) is 24.9 Å². The lowest BCUT2D eigenvalue weighted by Crippen LogP contribution is -2.25. The van der Waals surface area contributed by atoms with E-state index in [0.717, 1.165) is 16.9 Å². The Morgan fingerprint density at radius 3 is 2.32 bits per heavy atom. The number of para-hydroxylation sites is 1. The molecular formula is C24H21NO3.